The highest BCUT2D eigenvalue weighted by Gasteiger charge is 2.31. The molecule has 2 rings (SSSR count). The lowest BCUT2D eigenvalue weighted by molar-refractivity contribution is 0.627. The second kappa shape index (κ2) is 5.19. The van der Waals surface area contributed by atoms with Gasteiger partial charge in [0.05, 0.1) is 10.6 Å². The lowest BCUT2D eigenvalue weighted by atomic mass is 10.1. The van der Waals surface area contributed by atoms with E-state index in [1.165, 1.54) is 12.8 Å². The number of nitrogens with two attached hydrogens (primary N) is 1. The molecule has 1 aromatic carbocycles. The number of amidine groups is 1. The maximum Gasteiger partial charge on any atom is 0.126 e. The van der Waals surface area contributed by atoms with Crippen molar-refractivity contribution in [2.45, 2.75) is 45.2 Å². The fourth-order valence-electron chi connectivity index (χ4n) is 2.90. The number of halogens is 1. The number of anilines is 1. The van der Waals surface area contributed by atoms with E-state index in [2.05, 4.69) is 18.7 Å². The molecule has 0 saturated carbocycles. The van der Waals surface area contributed by atoms with E-state index < -0.39 is 0 Å². The molecule has 3 nitrogen and oxygen atoms in total. The van der Waals surface area contributed by atoms with Crippen molar-refractivity contribution in [2.75, 3.05) is 4.90 Å². The lowest BCUT2D eigenvalue weighted by Gasteiger charge is -2.32. The molecule has 2 atom stereocenters. The van der Waals surface area contributed by atoms with Gasteiger partial charge in [-0.1, -0.05) is 24.6 Å². The summed E-state index contributed by atoms with van der Waals surface area (Å²) >= 11 is 6.19. The summed E-state index contributed by atoms with van der Waals surface area (Å²) in [5.74, 6) is 0.0459. The van der Waals surface area contributed by atoms with Crippen LogP contribution < -0.4 is 10.6 Å². The maximum absolute atomic E-state index is 7.74. The van der Waals surface area contributed by atoms with Crippen molar-refractivity contribution in [1.29, 1.82) is 5.41 Å². The minimum Gasteiger partial charge on any atom is -0.384 e. The summed E-state index contributed by atoms with van der Waals surface area (Å²) in [5, 5.41) is 8.30. The van der Waals surface area contributed by atoms with Crippen LogP contribution in [0.15, 0.2) is 18.2 Å². The van der Waals surface area contributed by atoms with Crippen LogP contribution in [0.25, 0.3) is 0 Å². The Morgan fingerprint density at radius 1 is 1.50 bits per heavy atom. The third-order valence-corrected chi connectivity index (χ3v) is 4.11. The van der Waals surface area contributed by atoms with E-state index in [4.69, 9.17) is 22.7 Å². The molecule has 1 aromatic rings. The fourth-order valence-corrected chi connectivity index (χ4v) is 3.17. The zero-order valence-electron chi connectivity index (χ0n) is 10.9. The van der Waals surface area contributed by atoms with Gasteiger partial charge in [0.15, 0.2) is 0 Å². The molecule has 1 aliphatic rings. The van der Waals surface area contributed by atoms with Gasteiger partial charge in [-0.15, -0.1) is 0 Å². The van der Waals surface area contributed by atoms with Crippen molar-refractivity contribution in [3.05, 3.63) is 28.8 Å². The molecular formula is C14H20ClN3. The lowest BCUT2D eigenvalue weighted by Crippen LogP contribution is -2.35. The summed E-state index contributed by atoms with van der Waals surface area (Å²) in [6.45, 7) is 4.42. The fraction of sp³-hybridized carbons (Fsp3) is 0.500. The molecule has 3 N–H and O–H groups in total. The molecular weight excluding hydrogens is 246 g/mol. The smallest absolute Gasteiger partial charge is 0.126 e. The van der Waals surface area contributed by atoms with Crippen molar-refractivity contribution >= 4 is 23.1 Å². The first-order valence-electron chi connectivity index (χ1n) is 6.47. The summed E-state index contributed by atoms with van der Waals surface area (Å²) in [4.78, 5) is 2.38. The van der Waals surface area contributed by atoms with Crippen molar-refractivity contribution in [3.8, 4) is 0 Å². The Morgan fingerprint density at radius 3 is 2.83 bits per heavy atom. The monoisotopic (exact) mass is 265 g/mol. The molecule has 2 unspecified atom stereocenters. The number of benzene rings is 1. The van der Waals surface area contributed by atoms with Crippen molar-refractivity contribution in [1.82, 2.24) is 0 Å². The van der Waals surface area contributed by atoms with Gasteiger partial charge in [0.25, 0.3) is 0 Å². The maximum atomic E-state index is 7.74. The van der Waals surface area contributed by atoms with Gasteiger partial charge in [0.1, 0.15) is 5.84 Å². The highest BCUT2D eigenvalue weighted by atomic mass is 35.5. The van der Waals surface area contributed by atoms with Crippen LogP contribution in [0.3, 0.4) is 0 Å². The number of nitrogen functional groups attached to an aromatic ring is 1. The van der Waals surface area contributed by atoms with E-state index in [-0.39, 0.29) is 5.84 Å². The minimum absolute atomic E-state index is 0.0459. The minimum atomic E-state index is 0.0459. The summed E-state index contributed by atoms with van der Waals surface area (Å²) < 4.78 is 0. The number of hydrogen-bond acceptors (Lipinski definition) is 2. The molecule has 0 aliphatic carbocycles. The average Bonchev–Trinajstić information content (AvgIpc) is 2.69. The zero-order valence-corrected chi connectivity index (χ0v) is 11.7. The summed E-state index contributed by atoms with van der Waals surface area (Å²) in [7, 11) is 0. The van der Waals surface area contributed by atoms with Crippen LogP contribution in [0.2, 0.25) is 5.02 Å². The van der Waals surface area contributed by atoms with Crippen molar-refractivity contribution in [2.24, 2.45) is 5.73 Å². The van der Waals surface area contributed by atoms with E-state index >= 15 is 0 Å². The summed E-state index contributed by atoms with van der Waals surface area (Å²) in [5.41, 5.74) is 7.37. The van der Waals surface area contributed by atoms with E-state index in [9.17, 15) is 0 Å². The summed E-state index contributed by atoms with van der Waals surface area (Å²) in [6, 6.07) is 6.75. The Kier molecular flexibility index (Phi) is 3.81. The second-order valence-corrected chi connectivity index (χ2v) is 5.35. The first-order chi connectivity index (χ1) is 8.56. The van der Waals surface area contributed by atoms with E-state index in [0.29, 0.717) is 22.7 Å². The highest BCUT2D eigenvalue weighted by Crippen LogP contribution is 2.36. The molecule has 1 saturated heterocycles. The predicted octanol–water partition coefficient (Wildman–Crippen LogP) is 3.39. The molecule has 0 bridgehead atoms. The Hall–Kier alpha value is -1.22. The van der Waals surface area contributed by atoms with Gasteiger partial charge >= 0.3 is 0 Å². The molecule has 1 heterocycles. The van der Waals surface area contributed by atoms with Crippen LogP contribution in [0.5, 0.6) is 0 Å². The summed E-state index contributed by atoms with van der Waals surface area (Å²) in [6.07, 6.45) is 3.48. The molecule has 18 heavy (non-hydrogen) atoms. The van der Waals surface area contributed by atoms with E-state index in [1.54, 1.807) is 6.07 Å². The van der Waals surface area contributed by atoms with Gasteiger partial charge in [0.2, 0.25) is 0 Å². The van der Waals surface area contributed by atoms with Crippen LogP contribution >= 0.6 is 11.6 Å². The quantitative estimate of drug-likeness (QED) is 0.650. The standard InChI is InChI=1S/C14H20ClN3/c1-3-10-8-7-9(2)18(10)12-6-4-5-11(15)13(12)14(16)17/h4-6,9-10H,3,7-8H2,1-2H3,(H3,16,17). The molecule has 1 aliphatic heterocycles. The van der Waals surface area contributed by atoms with Crippen LogP contribution in [0, 0.1) is 5.41 Å². The number of nitrogens with one attached hydrogen (secondary N) is 1. The molecule has 4 heteroatoms. The highest BCUT2D eigenvalue weighted by molar-refractivity contribution is 6.34. The third kappa shape index (κ3) is 2.19. The largest absolute Gasteiger partial charge is 0.384 e. The van der Waals surface area contributed by atoms with Gasteiger partial charge in [-0.25, -0.2) is 0 Å². The third-order valence-electron chi connectivity index (χ3n) is 3.80. The Bertz CT molecular complexity index is 458. The number of nitrogens with zero attached hydrogens (tertiary/aromatic N) is 1. The Balaban J connectivity index is 2.50. The Labute approximate surface area is 113 Å². The zero-order chi connectivity index (χ0) is 13.3. The van der Waals surface area contributed by atoms with Gasteiger partial charge in [0, 0.05) is 17.8 Å². The van der Waals surface area contributed by atoms with Gasteiger partial charge in [-0.2, -0.15) is 0 Å². The van der Waals surface area contributed by atoms with E-state index in [1.807, 2.05) is 12.1 Å². The van der Waals surface area contributed by atoms with E-state index in [0.717, 1.165) is 12.1 Å². The van der Waals surface area contributed by atoms with Crippen molar-refractivity contribution < 1.29 is 0 Å². The number of hydrogen-bond donors (Lipinski definition) is 2. The molecule has 0 spiro atoms. The topological polar surface area (TPSA) is 53.1 Å². The molecule has 1 fully saturated rings. The second-order valence-electron chi connectivity index (χ2n) is 4.94. The molecule has 98 valence electrons. The van der Waals surface area contributed by atoms with Crippen LogP contribution in [-0.4, -0.2) is 17.9 Å². The SMILES string of the molecule is CCC1CCC(C)N1c1cccc(Cl)c1C(=N)N. The number of rotatable bonds is 3. The first kappa shape index (κ1) is 13.2. The normalized spacial score (nSPS) is 23.4. The van der Waals surface area contributed by atoms with Crippen LogP contribution in [-0.2, 0) is 0 Å². The first-order valence-corrected chi connectivity index (χ1v) is 6.85. The van der Waals surface area contributed by atoms with Crippen LogP contribution in [0.4, 0.5) is 5.69 Å². The average molecular weight is 266 g/mol. The van der Waals surface area contributed by atoms with Crippen molar-refractivity contribution in [3.63, 3.8) is 0 Å². The van der Waals surface area contributed by atoms with Gasteiger partial charge in [-0.05, 0) is 38.3 Å². The molecule has 0 radical (unpaired) electrons. The van der Waals surface area contributed by atoms with Gasteiger partial charge < -0.3 is 10.6 Å². The van der Waals surface area contributed by atoms with Gasteiger partial charge in [-0.3, -0.25) is 5.41 Å². The van der Waals surface area contributed by atoms with Crippen LogP contribution in [0.1, 0.15) is 38.7 Å². The predicted molar refractivity (Wildman–Crippen MR) is 77.7 cm³/mol. The Morgan fingerprint density at radius 2 is 2.22 bits per heavy atom. The molecule has 0 aromatic heterocycles. The molecule has 0 amide bonds.